The molecular weight excluding hydrogens is 142 g/mol. The highest BCUT2D eigenvalue weighted by molar-refractivity contribution is 5.79. The highest BCUT2D eigenvalue weighted by Gasteiger charge is 2.48. The van der Waals surface area contributed by atoms with Gasteiger partial charge in [0.05, 0.1) is 0 Å². The van der Waals surface area contributed by atoms with Gasteiger partial charge in [0, 0.05) is 26.5 Å². The molecule has 0 unspecified atom stereocenters. The minimum atomic E-state index is -0.197. The number of ether oxygens (including phenoxy) is 1. The van der Waals surface area contributed by atoms with Gasteiger partial charge < -0.3 is 9.64 Å². The van der Waals surface area contributed by atoms with Crippen LogP contribution in [0.1, 0.15) is 25.7 Å². The summed E-state index contributed by atoms with van der Waals surface area (Å²) in [6.45, 7) is 0.896. The lowest BCUT2D eigenvalue weighted by Gasteiger charge is -2.29. The lowest BCUT2D eigenvalue weighted by atomic mass is 10.1. The summed E-state index contributed by atoms with van der Waals surface area (Å²) >= 11 is 0. The van der Waals surface area contributed by atoms with Crippen LogP contribution in [0.3, 0.4) is 0 Å². The third-order valence-corrected chi connectivity index (χ3v) is 2.85. The van der Waals surface area contributed by atoms with Crippen LogP contribution in [0.25, 0.3) is 0 Å². The average molecular weight is 155 g/mol. The number of hydrogen-bond donors (Lipinski definition) is 0. The highest BCUT2D eigenvalue weighted by Crippen LogP contribution is 2.39. The molecule has 2 aliphatic heterocycles. The van der Waals surface area contributed by atoms with Crippen molar-refractivity contribution in [3.8, 4) is 0 Å². The number of methoxy groups -OCH3 is 1. The van der Waals surface area contributed by atoms with Crippen molar-refractivity contribution in [1.29, 1.82) is 0 Å². The zero-order valence-corrected chi connectivity index (χ0v) is 6.80. The Balaban J connectivity index is 2.25. The molecule has 2 aliphatic rings. The van der Waals surface area contributed by atoms with Crippen molar-refractivity contribution in [2.24, 2.45) is 0 Å². The highest BCUT2D eigenvalue weighted by atomic mass is 16.5. The first-order valence-electron chi connectivity index (χ1n) is 4.14. The average Bonchev–Trinajstić information content (AvgIpc) is 2.53. The molecule has 0 spiro atoms. The van der Waals surface area contributed by atoms with E-state index in [1.165, 1.54) is 0 Å². The standard InChI is InChI=1S/C8H13NO2/c1-11-8-4-2-6-9(8)7(10)3-5-8/h2-6H2,1H3/t8-/m0/s1. The van der Waals surface area contributed by atoms with Gasteiger partial charge in [0.25, 0.3) is 0 Å². The van der Waals surface area contributed by atoms with Crippen LogP contribution in [-0.2, 0) is 9.53 Å². The predicted octanol–water partition coefficient (Wildman–Crippen LogP) is 0.745. The summed E-state index contributed by atoms with van der Waals surface area (Å²) in [6, 6.07) is 0. The Morgan fingerprint density at radius 1 is 1.55 bits per heavy atom. The first-order valence-corrected chi connectivity index (χ1v) is 4.14. The molecule has 0 aromatic rings. The largest absolute Gasteiger partial charge is 0.359 e. The van der Waals surface area contributed by atoms with E-state index in [2.05, 4.69) is 0 Å². The van der Waals surface area contributed by atoms with Gasteiger partial charge in [-0.25, -0.2) is 0 Å². The molecule has 0 aliphatic carbocycles. The maximum atomic E-state index is 11.3. The van der Waals surface area contributed by atoms with Gasteiger partial charge in [-0.15, -0.1) is 0 Å². The minimum Gasteiger partial charge on any atom is -0.359 e. The van der Waals surface area contributed by atoms with Gasteiger partial charge >= 0.3 is 0 Å². The second kappa shape index (κ2) is 2.21. The Bertz CT molecular complexity index is 193. The van der Waals surface area contributed by atoms with Crippen LogP contribution in [0.4, 0.5) is 0 Å². The summed E-state index contributed by atoms with van der Waals surface area (Å²) in [5, 5.41) is 0. The van der Waals surface area contributed by atoms with E-state index in [4.69, 9.17) is 4.74 Å². The topological polar surface area (TPSA) is 29.5 Å². The van der Waals surface area contributed by atoms with Gasteiger partial charge in [0.1, 0.15) is 5.72 Å². The van der Waals surface area contributed by atoms with Crippen LogP contribution in [0.2, 0.25) is 0 Å². The Morgan fingerprint density at radius 3 is 3.00 bits per heavy atom. The molecule has 0 N–H and O–H groups in total. The summed E-state index contributed by atoms with van der Waals surface area (Å²) in [5.41, 5.74) is -0.197. The number of carbonyl (C=O) groups excluding carboxylic acids is 1. The van der Waals surface area contributed by atoms with Crippen molar-refractivity contribution in [2.45, 2.75) is 31.4 Å². The molecule has 0 radical (unpaired) electrons. The van der Waals surface area contributed by atoms with Gasteiger partial charge in [-0.3, -0.25) is 4.79 Å². The molecule has 0 bridgehead atoms. The second-order valence-corrected chi connectivity index (χ2v) is 3.30. The number of nitrogens with zero attached hydrogens (tertiary/aromatic N) is 1. The Labute approximate surface area is 66.3 Å². The molecular formula is C8H13NO2. The summed E-state index contributed by atoms with van der Waals surface area (Å²) in [4.78, 5) is 13.2. The first-order chi connectivity index (χ1) is 5.28. The van der Waals surface area contributed by atoms with E-state index < -0.39 is 0 Å². The van der Waals surface area contributed by atoms with Crippen LogP contribution in [0.15, 0.2) is 0 Å². The maximum Gasteiger partial charge on any atom is 0.224 e. The van der Waals surface area contributed by atoms with E-state index in [9.17, 15) is 4.79 Å². The number of rotatable bonds is 1. The number of fused-ring (bicyclic) bond motifs is 1. The third-order valence-electron chi connectivity index (χ3n) is 2.85. The Hall–Kier alpha value is -0.570. The summed E-state index contributed by atoms with van der Waals surface area (Å²) in [7, 11) is 1.71. The van der Waals surface area contributed by atoms with E-state index in [1.807, 2.05) is 4.90 Å². The lowest BCUT2D eigenvalue weighted by molar-refractivity contribution is -0.143. The normalized spacial score (nSPS) is 36.5. The van der Waals surface area contributed by atoms with Gasteiger partial charge in [0.15, 0.2) is 0 Å². The van der Waals surface area contributed by atoms with Crippen LogP contribution < -0.4 is 0 Å². The van der Waals surface area contributed by atoms with E-state index >= 15 is 0 Å². The van der Waals surface area contributed by atoms with Gasteiger partial charge in [-0.2, -0.15) is 0 Å². The summed E-state index contributed by atoms with van der Waals surface area (Å²) in [6.07, 6.45) is 3.69. The molecule has 0 saturated carbocycles. The number of amides is 1. The number of hydrogen-bond acceptors (Lipinski definition) is 2. The van der Waals surface area contributed by atoms with E-state index in [0.29, 0.717) is 6.42 Å². The fourth-order valence-corrected chi connectivity index (χ4v) is 2.22. The van der Waals surface area contributed by atoms with Crippen LogP contribution in [0, 0.1) is 0 Å². The molecule has 2 saturated heterocycles. The molecule has 62 valence electrons. The van der Waals surface area contributed by atoms with Crippen molar-refractivity contribution in [3.05, 3.63) is 0 Å². The SMILES string of the molecule is CO[C@]12CCCN1C(=O)CC2. The lowest BCUT2D eigenvalue weighted by Crippen LogP contribution is -2.41. The molecule has 2 fully saturated rings. The third kappa shape index (κ3) is 0.805. The van der Waals surface area contributed by atoms with Gasteiger partial charge in [-0.05, 0) is 12.8 Å². The minimum absolute atomic E-state index is 0.197. The van der Waals surface area contributed by atoms with Crippen LogP contribution >= 0.6 is 0 Å². The Kier molecular flexibility index (Phi) is 1.42. The van der Waals surface area contributed by atoms with Crippen molar-refractivity contribution in [2.75, 3.05) is 13.7 Å². The van der Waals surface area contributed by atoms with Crippen molar-refractivity contribution in [3.63, 3.8) is 0 Å². The zero-order valence-electron chi connectivity index (χ0n) is 6.80. The van der Waals surface area contributed by atoms with Crippen LogP contribution in [-0.4, -0.2) is 30.2 Å². The molecule has 0 aromatic carbocycles. The second-order valence-electron chi connectivity index (χ2n) is 3.30. The molecule has 3 nitrogen and oxygen atoms in total. The van der Waals surface area contributed by atoms with E-state index in [1.54, 1.807) is 7.11 Å². The fraction of sp³-hybridized carbons (Fsp3) is 0.875. The Morgan fingerprint density at radius 2 is 2.36 bits per heavy atom. The summed E-state index contributed by atoms with van der Waals surface area (Å²) < 4.78 is 5.40. The smallest absolute Gasteiger partial charge is 0.224 e. The molecule has 2 heterocycles. The van der Waals surface area contributed by atoms with Gasteiger partial charge in [-0.1, -0.05) is 0 Å². The quantitative estimate of drug-likeness (QED) is 0.559. The molecule has 0 aromatic heterocycles. The fourth-order valence-electron chi connectivity index (χ4n) is 2.22. The molecule has 1 atom stereocenters. The van der Waals surface area contributed by atoms with Crippen LogP contribution in [0.5, 0.6) is 0 Å². The predicted molar refractivity (Wildman–Crippen MR) is 39.9 cm³/mol. The molecule has 11 heavy (non-hydrogen) atoms. The van der Waals surface area contributed by atoms with E-state index in [0.717, 1.165) is 25.8 Å². The monoisotopic (exact) mass is 155 g/mol. The maximum absolute atomic E-state index is 11.3. The summed E-state index contributed by atoms with van der Waals surface area (Å²) in [5.74, 6) is 0.268. The van der Waals surface area contributed by atoms with Gasteiger partial charge in [0.2, 0.25) is 5.91 Å². The van der Waals surface area contributed by atoms with Crippen molar-refractivity contribution in [1.82, 2.24) is 4.90 Å². The molecule has 1 amide bonds. The zero-order chi connectivity index (χ0) is 7.90. The van der Waals surface area contributed by atoms with E-state index in [-0.39, 0.29) is 11.6 Å². The van der Waals surface area contributed by atoms with Crippen molar-refractivity contribution < 1.29 is 9.53 Å². The first kappa shape index (κ1) is 7.10. The molecule has 3 heteroatoms. The molecule has 2 rings (SSSR count). The number of carbonyl (C=O) groups is 1. The van der Waals surface area contributed by atoms with Crippen molar-refractivity contribution >= 4 is 5.91 Å².